The standard InChI is InChI=1S/C17H25N5O2/c1-12(17-20-19-13(2)23-17)22-8-6-16(11-22)24-15-5-7-18-14(9-15)10-21(3)4/h5,7,9,12,16H,6,8,10-11H2,1-4H3. The van der Waals surface area contributed by atoms with Crippen molar-refractivity contribution < 1.29 is 9.15 Å². The number of ether oxygens (including phenoxy) is 1. The number of hydrogen-bond acceptors (Lipinski definition) is 7. The van der Waals surface area contributed by atoms with E-state index in [1.807, 2.05) is 39.3 Å². The van der Waals surface area contributed by atoms with Gasteiger partial charge in [-0.3, -0.25) is 9.88 Å². The minimum atomic E-state index is 0.113. The van der Waals surface area contributed by atoms with E-state index >= 15 is 0 Å². The number of nitrogens with zero attached hydrogens (tertiary/aromatic N) is 5. The topological polar surface area (TPSA) is 67.5 Å². The zero-order valence-corrected chi connectivity index (χ0v) is 14.8. The predicted octanol–water partition coefficient (Wildman–Crippen LogP) is 2.05. The Kier molecular flexibility index (Phi) is 5.11. The first-order chi connectivity index (χ1) is 11.5. The monoisotopic (exact) mass is 331 g/mol. The van der Waals surface area contributed by atoms with Gasteiger partial charge in [-0.25, -0.2) is 0 Å². The fourth-order valence-corrected chi connectivity index (χ4v) is 2.97. The van der Waals surface area contributed by atoms with E-state index in [-0.39, 0.29) is 12.1 Å². The Morgan fingerprint density at radius 3 is 2.96 bits per heavy atom. The molecule has 1 aliphatic heterocycles. The maximum absolute atomic E-state index is 6.15. The average molecular weight is 331 g/mol. The van der Waals surface area contributed by atoms with E-state index < -0.39 is 0 Å². The minimum Gasteiger partial charge on any atom is -0.489 e. The molecule has 1 saturated heterocycles. The van der Waals surface area contributed by atoms with Crippen molar-refractivity contribution in [2.45, 2.75) is 39.0 Å². The molecule has 1 fully saturated rings. The molecule has 2 atom stereocenters. The number of pyridine rings is 1. The van der Waals surface area contributed by atoms with Crippen LogP contribution in [0.1, 0.15) is 36.9 Å². The van der Waals surface area contributed by atoms with E-state index in [0.717, 1.165) is 37.5 Å². The number of aromatic nitrogens is 3. The van der Waals surface area contributed by atoms with E-state index in [4.69, 9.17) is 9.15 Å². The number of aryl methyl sites for hydroxylation is 1. The van der Waals surface area contributed by atoms with E-state index in [9.17, 15) is 0 Å². The first-order valence-corrected chi connectivity index (χ1v) is 8.31. The molecule has 7 heteroatoms. The molecule has 2 unspecified atom stereocenters. The average Bonchev–Trinajstić information content (AvgIpc) is 3.15. The molecule has 0 saturated carbocycles. The summed E-state index contributed by atoms with van der Waals surface area (Å²) in [5.74, 6) is 2.16. The summed E-state index contributed by atoms with van der Waals surface area (Å²) in [6.45, 7) is 6.53. The van der Waals surface area contributed by atoms with Crippen molar-refractivity contribution >= 4 is 0 Å². The van der Waals surface area contributed by atoms with Gasteiger partial charge in [0.05, 0.1) is 11.7 Å². The van der Waals surface area contributed by atoms with Crippen LogP contribution in [0.2, 0.25) is 0 Å². The SMILES string of the molecule is Cc1nnc(C(C)N2CCC(Oc3ccnc(CN(C)C)c3)C2)o1. The van der Waals surface area contributed by atoms with Crippen LogP contribution in [0.3, 0.4) is 0 Å². The third-order valence-electron chi connectivity index (χ3n) is 4.19. The Hall–Kier alpha value is -1.99. The highest BCUT2D eigenvalue weighted by molar-refractivity contribution is 5.23. The highest BCUT2D eigenvalue weighted by atomic mass is 16.5. The zero-order chi connectivity index (χ0) is 17.1. The Balaban J connectivity index is 1.58. The normalized spacial score (nSPS) is 19.8. The van der Waals surface area contributed by atoms with Crippen molar-refractivity contribution in [3.05, 3.63) is 35.8 Å². The lowest BCUT2D eigenvalue weighted by atomic mass is 10.3. The van der Waals surface area contributed by atoms with E-state index in [1.54, 1.807) is 0 Å². The van der Waals surface area contributed by atoms with Crippen LogP contribution >= 0.6 is 0 Å². The first-order valence-electron chi connectivity index (χ1n) is 8.31. The second kappa shape index (κ2) is 7.27. The molecule has 0 aliphatic carbocycles. The van der Waals surface area contributed by atoms with Crippen molar-refractivity contribution in [2.24, 2.45) is 0 Å². The van der Waals surface area contributed by atoms with Gasteiger partial charge in [0.2, 0.25) is 11.8 Å². The summed E-state index contributed by atoms with van der Waals surface area (Å²) in [6.07, 6.45) is 2.97. The maximum atomic E-state index is 6.15. The predicted molar refractivity (Wildman–Crippen MR) is 89.7 cm³/mol. The molecule has 0 spiro atoms. The fraction of sp³-hybridized carbons (Fsp3) is 0.588. The highest BCUT2D eigenvalue weighted by Crippen LogP contribution is 2.26. The van der Waals surface area contributed by atoms with Crippen molar-refractivity contribution in [2.75, 3.05) is 27.2 Å². The molecule has 0 bridgehead atoms. The van der Waals surface area contributed by atoms with Crippen LogP contribution in [0, 0.1) is 6.92 Å². The van der Waals surface area contributed by atoms with Crippen LogP contribution in [-0.4, -0.2) is 58.3 Å². The van der Waals surface area contributed by atoms with Gasteiger partial charge in [0.25, 0.3) is 0 Å². The third-order valence-corrected chi connectivity index (χ3v) is 4.19. The summed E-state index contributed by atoms with van der Waals surface area (Å²) in [4.78, 5) is 8.79. The largest absolute Gasteiger partial charge is 0.489 e. The maximum Gasteiger partial charge on any atom is 0.233 e. The Bertz CT molecular complexity index is 673. The van der Waals surface area contributed by atoms with Crippen LogP contribution in [0.4, 0.5) is 0 Å². The zero-order valence-electron chi connectivity index (χ0n) is 14.8. The molecular formula is C17H25N5O2. The Morgan fingerprint density at radius 1 is 1.42 bits per heavy atom. The van der Waals surface area contributed by atoms with Gasteiger partial charge < -0.3 is 14.1 Å². The molecule has 130 valence electrons. The van der Waals surface area contributed by atoms with Crippen LogP contribution in [0.25, 0.3) is 0 Å². The van der Waals surface area contributed by atoms with Crippen molar-refractivity contribution in [3.8, 4) is 5.75 Å². The van der Waals surface area contributed by atoms with Crippen molar-refractivity contribution in [1.29, 1.82) is 0 Å². The van der Waals surface area contributed by atoms with Crippen molar-refractivity contribution in [1.82, 2.24) is 25.0 Å². The Labute approximate surface area is 142 Å². The van der Waals surface area contributed by atoms with Gasteiger partial charge in [0, 0.05) is 38.8 Å². The molecule has 0 amide bonds. The lowest BCUT2D eigenvalue weighted by molar-refractivity contribution is 0.170. The molecular weight excluding hydrogens is 306 g/mol. The summed E-state index contributed by atoms with van der Waals surface area (Å²) in [5.41, 5.74) is 1.02. The van der Waals surface area contributed by atoms with Gasteiger partial charge in [0.15, 0.2) is 0 Å². The molecule has 7 nitrogen and oxygen atoms in total. The number of hydrogen-bond donors (Lipinski definition) is 0. The van der Waals surface area contributed by atoms with E-state index in [2.05, 4.69) is 31.9 Å². The molecule has 3 rings (SSSR count). The van der Waals surface area contributed by atoms with Gasteiger partial charge in [-0.05, 0) is 33.5 Å². The van der Waals surface area contributed by atoms with Crippen LogP contribution in [0.5, 0.6) is 5.75 Å². The smallest absolute Gasteiger partial charge is 0.233 e. The summed E-state index contributed by atoms with van der Waals surface area (Å²) in [7, 11) is 4.06. The first kappa shape index (κ1) is 16.9. The van der Waals surface area contributed by atoms with Gasteiger partial charge in [-0.15, -0.1) is 10.2 Å². The van der Waals surface area contributed by atoms with E-state index in [1.165, 1.54) is 0 Å². The van der Waals surface area contributed by atoms with Crippen LogP contribution < -0.4 is 4.74 Å². The second-order valence-electron chi connectivity index (χ2n) is 6.58. The van der Waals surface area contributed by atoms with Gasteiger partial charge in [-0.2, -0.15) is 0 Å². The van der Waals surface area contributed by atoms with Crippen molar-refractivity contribution in [3.63, 3.8) is 0 Å². The molecule has 0 aromatic carbocycles. The molecule has 0 radical (unpaired) electrons. The van der Waals surface area contributed by atoms with E-state index in [0.29, 0.717) is 11.8 Å². The van der Waals surface area contributed by atoms with Crippen LogP contribution in [-0.2, 0) is 6.54 Å². The summed E-state index contributed by atoms with van der Waals surface area (Å²) < 4.78 is 11.7. The Morgan fingerprint density at radius 2 is 2.25 bits per heavy atom. The highest BCUT2D eigenvalue weighted by Gasteiger charge is 2.30. The molecule has 0 N–H and O–H groups in total. The third kappa shape index (κ3) is 4.10. The molecule has 1 aliphatic rings. The van der Waals surface area contributed by atoms with Crippen LogP contribution in [0.15, 0.2) is 22.7 Å². The number of likely N-dealkylation sites (tertiary alicyclic amines) is 1. The van der Waals surface area contributed by atoms with Gasteiger partial charge >= 0.3 is 0 Å². The molecule has 2 aromatic heterocycles. The quantitative estimate of drug-likeness (QED) is 0.802. The summed E-state index contributed by atoms with van der Waals surface area (Å²) in [6, 6.07) is 4.06. The van der Waals surface area contributed by atoms with Gasteiger partial charge in [0.1, 0.15) is 11.9 Å². The van der Waals surface area contributed by atoms with Gasteiger partial charge in [-0.1, -0.05) is 0 Å². The lowest BCUT2D eigenvalue weighted by Crippen LogP contribution is -2.27. The number of rotatable bonds is 6. The fourth-order valence-electron chi connectivity index (χ4n) is 2.97. The molecule has 3 heterocycles. The lowest BCUT2D eigenvalue weighted by Gasteiger charge is -2.21. The summed E-state index contributed by atoms with van der Waals surface area (Å²) >= 11 is 0. The minimum absolute atomic E-state index is 0.113. The second-order valence-corrected chi connectivity index (χ2v) is 6.58. The molecule has 24 heavy (non-hydrogen) atoms. The summed E-state index contributed by atoms with van der Waals surface area (Å²) in [5, 5.41) is 8.04. The molecule has 2 aromatic rings.